The number of nitrogens with one attached hydrogen (secondary N) is 1. The van der Waals surface area contributed by atoms with Crippen LogP contribution in [0.25, 0.3) is 0 Å². The topological polar surface area (TPSA) is 41.6 Å². The number of amides is 1. The van der Waals surface area contributed by atoms with Crippen molar-refractivity contribution in [2.24, 2.45) is 11.8 Å². The Kier molecular flexibility index (Phi) is 6.99. The van der Waals surface area contributed by atoms with Gasteiger partial charge in [-0.05, 0) is 43.6 Å². The zero-order valence-corrected chi connectivity index (χ0v) is 13.8. The SMILES string of the molecule is CCOc1ccc(CN(C)C(=O)C(C)C2CNC2)cc1.Cl. The third-order valence-electron chi connectivity index (χ3n) is 3.94. The lowest BCUT2D eigenvalue weighted by Crippen LogP contribution is -2.49. The van der Waals surface area contributed by atoms with Crippen LogP contribution in [0.1, 0.15) is 19.4 Å². The van der Waals surface area contributed by atoms with Crippen LogP contribution in [0.4, 0.5) is 0 Å². The first-order valence-corrected chi connectivity index (χ1v) is 7.29. The first kappa shape index (κ1) is 17.8. The summed E-state index contributed by atoms with van der Waals surface area (Å²) in [5.41, 5.74) is 1.13. The molecular formula is C16H25ClN2O2. The van der Waals surface area contributed by atoms with Crippen molar-refractivity contribution in [1.82, 2.24) is 10.2 Å². The molecule has 21 heavy (non-hydrogen) atoms. The van der Waals surface area contributed by atoms with E-state index in [1.54, 1.807) is 0 Å². The predicted octanol–water partition coefficient (Wildman–Crippen LogP) is 2.32. The summed E-state index contributed by atoms with van der Waals surface area (Å²) in [4.78, 5) is 14.1. The Balaban J connectivity index is 0.00000220. The molecule has 1 aliphatic rings. The van der Waals surface area contributed by atoms with Gasteiger partial charge in [-0.2, -0.15) is 0 Å². The molecule has 1 aromatic carbocycles. The summed E-state index contributed by atoms with van der Waals surface area (Å²) in [6, 6.07) is 7.95. The van der Waals surface area contributed by atoms with Crippen molar-refractivity contribution >= 4 is 18.3 Å². The predicted molar refractivity (Wildman–Crippen MR) is 86.9 cm³/mol. The molecule has 0 radical (unpaired) electrons. The van der Waals surface area contributed by atoms with Crippen LogP contribution in [0.15, 0.2) is 24.3 Å². The highest BCUT2D eigenvalue weighted by Gasteiger charge is 2.30. The second-order valence-electron chi connectivity index (χ2n) is 5.48. The van der Waals surface area contributed by atoms with Gasteiger partial charge in [-0.3, -0.25) is 4.79 Å². The molecule has 1 atom stereocenters. The summed E-state index contributed by atoms with van der Waals surface area (Å²) in [7, 11) is 1.88. The van der Waals surface area contributed by atoms with Crippen LogP contribution in [0.3, 0.4) is 0 Å². The fraction of sp³-hybridized carbons (Fsp3) is 0.562. The summed E-state index contributed by atoms with van der Waals surface area (Å²) in [6.07, 6.45) is 0. The van der Waals surface area contributed by atoms with Gasteiger partial charge in [0.1, 0.15) is 5.75 Å². The van der Waals surface area contributed by atoms with Crippen molar-refractivity contribution in [2.75, 3.05) is 26.7 Å². The molecule has 1 aromatic rings. The fourth-order valence-electron chi connectivity index (χ4n) is 2.42. The Bertz CT molecular complexity index is 446. The number of carbonyl (C=O) groups is 1. The van der Waals surface area contributed by atoms with Crippen molar-refractivity contribution in [3.8, 4) is 5.75 Å². The molecule has 118 valence electrons. The number of nitrogens with zero attached hydrogens (tertiary/aromatic N) is 1. The Labute approximate surface area is 133 Å². The largest absolute Gasteiger partial charge is 0.494 e. The standard InChI is InChI=1S/C16H24N2O2.ClH/c1-4-20-15-7-5-13(6-8-15)11-18(3)16(19)12(2)14-9-17-10-14;/h5-8,12,14,17H,4,9-11H2,1-3H3;1H. The summed E-state index contributed by atoms with van der Waals surface area (Å²) in [5.74, 6) is 1.69. The van der Waals surface area contributed by atoms with Crippen molar-refractivity contribution < 1.29 is 9.53 Å². The molecule has 1 heterocycles. The van der Waals surface area contributed by atoms with Gasteiger partial charge in [-0.1, -0.05) is 19.1 Å². The van der Waals surface area contributed by atoms with Crippen LogP contribution in [0.5, 0.6) is 5.75 Å². The second kappa shape index (κ2) is 8.25. The smallest absolute Gasteiger partial charge is 0.225 e. The molecule has 1 aliphatic heterocycles. The Morgan fingerprint density at radius 3 is 2.48 bits per heavy atom. The molecular weight excluding hydrogens is 288 g/mol. The average Bonchev–Trinajstić information content (AvgIpc) is 2.38. The van der Waals surface area contributed by atoms with Crippen LogP contribution in [-0.2, 0) is 11.3 Å². The molecule has 4 nitrogen and oxygen atoms in total. The number of rotatable bonds is 6. The van der Waals surface area contributed by atoms with E-state index in [0.29, 0.717) is 19.1 Å². The molecule has 1 fully saturated rings. The van der Waals surface area contributed by atoms with Gasteiger partial charge in [0.2, 0.25) is 5.91 Å². The number of hydrogen-bond donors (Lipinski definition) is 1. The highest BCUT2D eigenvalue weighted by Crippen LogP contribution is 2.19. The number of ether oxygens (including phenoxy) is 1. The monoisotopic (exact) mass is 312 g/mol. The molecule has 0 aliphatic carbocycles. The Hall–Kier alpha value is -1.26. The first-order valence-electron chi connectivity index (χ1n) is 7.29. The highest BCUT2D eigenvalue weighted by atomic mass is 35.5. The summed E-state index contributed by atoms with van der Waals surface area (Å²) >= 11 is 0. The normalized spacial score (nSPS) is 15.6. The number of carbonyl (C=O) groups excluding carboxylic acids is 1. The second-order valence-corrected chi connectivity index (χ2v) is 5.48. The lowest BCUT2D eigenvalue weighted by Gasteiger charge is -2.34. The third kappa shape index (κ3) is 4.61. The van der Waals surface area contributed by atoms with Gasteiger partial charge in [0, 0.05) is 19.5 Å². The van der Waals surface area contributed by atoms with E-state index in [9.17, 15) is 4.79 Å². The van der Waals surface area contributed by atoms with E-state index in [1.165, 1.54) is 0 Å². The lowest BCUT2D eigenvalue weighted by atomic mass is 9.88. The van der Waals surface area contributed by atoms with Crippen LogP contribution < -0.4 is 10.1 Å². The van der Waals surface area contributed by atoms with Gasteiger partial charge in [-0.25, -0.2) is 0 Å². The quantitative estimate of drug-likeness (QED) is 0.876. The Morgan fingerprint density at radius 1 is 1.38 bits per heavy atom. The van der Waals surface area contributed by atoms with E-state index in [4.69, 9.17) is 4.74 Å². The minimum absolute atomic E-state index is 0. The minimum atomic E-state index is 0. The number of halogens is 1. The maximum Gasteiger partial charge on any atom is 0.225 e. The molecule has 0 bridgehead atoms. The van der Waals surface area contributed by atoms with E-state index in [0.717, 1.165) is 24.4 Å². The molecule has 5 heteroatoms. The molecule has 1 N–H and O–H groups in total. The Morgan fingerprint density at radius 2 is 2.00 bits per heavy atom. The van der Waals surface area contributed by atoms with E-state index in [-0.39, 0.29) is 24.2 Å². The van der Waals surface area contributed by atoms with Gasteiger partial charge in [0.25, 0.3) is 0 Å². The lowest BCUT2D eigenvalue weighted by molar-refractivity contribution is -0.136. The highest BCUT2D eigenvalue weighted by molar-refractivity contribution is 5.85. The maximum absolute atomic E-state index is 12.3. The van der Waals surface area contributed by atoms with E-state index >= 15 is 0 Å². The van der Waals surface area contributed by atoms with Crippen LogP contribution in [0.2, 0.25) is 0 Å². The van der Waals surface area contributed by atoms with Crippen LogP contribution >= 0.6 is 12.4 Å². The molecule has 1 unspecified atom stereocenters. The van der Waals surface area contributed by atoms with Crippen LogP contribution in [-0.4, -0.2) is 37.6 Å². The fourth-order valence-corrected chi connectivity index (χ4v) is 2.42. The van der Waals surface area contributed by atoms with Gasteiger partial charge >= 0.3 is 0 Å². The summed E-state index contributed by atoms with van der Waals surface area (Å²) in [6.45, 7) is 7.24. The van der Waals surface area contributed by atoms with E-state index in [1.807, 2.05) is 50.1 Å². The maximum atomic E-state index is 12.3. The van der Waals surface area contributed by atoms with E-state index in [2.05, 4.69) is 5.32 Å². The van der Waals surface area contributed by atoms with Gasteiger partial charge in [0.05, 0.1) is 6.61 Å². The molecule has 0 spiro atoms. The molecule has 1 amide bonds. The molecule has 0 aromatic heterocycles. The van der Waals surface area contributed by atoms with Gasteiger partial charge < -0.3 is 15.0 Å². The van der Waals surface area contributed by atoms with Crippen molar-refractivity contribution in [3.05, 3.63) is 29.8 Å². The zero-order chi connectivity index (χ0) is 14.5. The molecule has 2 rings (SSSR count). The van der Waals surface area contributed by atoms with E-state index < -0.39 is 0 Å². The van der Waals surface area contributed by atoms with Crippen molar-refractivity contribution in [2.45, 2.75) is 20.4 Å². The first-order chi connectivity index (χ1) is 9.61. The van der Waals surface area contributed by atoms with Gasteiger partial charge in [-0.15, -0.1) is 12.4 Å². The van der Waals surface area contributed by atoms with Crippen molar-refractivity contribution in [1.29, 1.82) is 0 Å². The van der Waals surface area contributed by atoms with Gasteiger partial charge in [0.15, 0.2) is 0 Å². The third-order valence-corrected chi connectivity index (χ3v) is 3.94. The summed E-state index contributed by atoms with van der Waals surface area (Å²) < 4.78 is 5.42. The number of benzene rings is 1. The zero-order valence-electron chi connectivity index (χ0n) is 13.0. The van der Waals surface area contributed by atoms with Crippen molar-refractivity contribution in [3.63, 3.8) is 0 Å². The average molecular weight is 313 g/mol. The molecule has 1 saturated heterocycles. The number of hydrogen-bond acceptors (Lipinski definition) is 3. The van der Waals surface area contributed by atoms with Crippen LogP contribution in [0, 0.1) is 11.8 Å². The minimum Gasteiger partial charge on any atom is -0.494 e. The molecule has 0 saturated carbocycles. The summed E-state index contributed by atoms with van der Waals surface area (Å²) in [5, 5.41) is 3.22.